The van der Waals surface area contributed by atoms with Crippen LogP contribution in [-0.4, -0.2) is 23.9 Å². The molecule has 0 radical (unpaired) electrons. The first-order valence-electron chi connectivity index (χ1n) is 11.9. The molecule has 0 amide bonds. The Morgan fingerprint density at radius 1 is 0.444 bits per heavy atom. The smallest absolute Gasteiger partial charge is 0.138 e. The molecule has 0 atom stereocenters. The number of hydrogen-bond acceptors (Lipinski definition) is 4. The molecule has 36 heavy (non-hydrogen) atoms. The van der Waals surface area contributed by atoms with Crippen molar-refractivity contribution in [1.82, 2.24) is 0 Å². The van der Waals surface area contributed by atoms with Gasteiger partial charge in [-0.1, -0.05) is 145 Å². The molecule has 182 valence electrons. The summed E-state index contributed by atoms with van der Waals surface area (Å²) in [6.07, 6.45) is 0.927. The summed E-state index contributed by atoms with van der Waals surface area (Å²) in [5.41, 5.74) is 0. The molecule has 0 aliphatic heterocycles. The van der Waals surface area contributed by atoms with Crippen LogP contribution >= 0.6 is 12.1 Å². The molecule has 0 heterocycles. The molecule has 4 aromatic carbocycles. The van der Waals surface area contributed by atoms with Crippen molar-refractivity contribution in [3.05, 3.63) is 121 Å². The fraction of sp³-hybridized carbons (Fsp3) is 0.133. The van der Waals surface area contributed by atoms with E-state index >= 15 is 0 Å². The van der Waals surface area contributed by atoms with E-state index in [1.54, 1.807) is 0 Å². The highest BCUT2D eigenvalue weighted by molar-refractivity contribution is 8.22. The van der Waals surface area contributed by atoms with E-state index in [9.17, 15) is 9.59 Å². The second-order valence-electron chi connectivity index (χ2n) is 8.72. The second-order valence-corrected chi connectivity index (χ2v) is 18.1. The molecule has 0 saturated carbocycles. The minimum absolute atomic E-state index is 0.0344. The van der Waals surface area contributed by atoms with Gasteiger partial charge in [0.2, 0.25) is 0 Å². The SMILES string of the molecule is O=C(CCC(=O)CP(=S)(c1ccccc1)c1ccccc1)CP(=S)(c1ccccc1)c1ccccc1. The molecule has 0 bridgehead atoms. The zero-order valence-corrected chi connectivity index (χ0v) is 23.3. The Morgan fingerprint density at radius 2 is 0.667 bits per heavy atom. The van der Waals surface area contributed by atoms with Crippen LogP contribution in [0.5, 0.6) is 0 Å². The minimum atomic E-state index is -2.32. The average molecular weight is 547 g/mol. The normalized spacial score (nSPS) is 11.7. The van der Waals surface area contributed by atoms with Crippen LogP contribution in [0.25, 0.3) is 0 Å². The molecular formula is C30H28O2P2S2. The first-order valence-corrected chi connectivity index (χ1v) is 17.8. The molecule has 0 N–H and O–H groups in total. The van der Waals surface area contributed by atoms with Crippen LogP contribution < -0.4 is 21.2 Å². The Morgan fingerprint density at radius 3 is 0.889 bits per heavy atom. The van der Waals surface area contributed by atoms with Crippen molar-refractivity contribution in [3.63, 3.8) is 0 Å². The lowest BCUT2D eigenvalue weighted by molar-refractivity contribution is -0.121. The van der Waals surface area contributed by atoms with Crippen molar-refractivity contribution in [1.29, 1.82) is 0 Å². The lowest BCUT2D eigenvalue weighted by Crippen LogP contribution is -2.24. The molecule has 0 aromatic heterocycles. The molecule has 0 aliphatic rings. The molecule has 4 rings (SSSR count). The van der Waals surface area contributed by atoms with E-state index in [1.165, 1.54) is 0 Å². The summed E-state index contributed by atoms with van der Waals surface area (Å²) >= 11 is 12.4. The fourth-order valence-corrected chi connectivity index (χ4v) is 11.8. The van der Waals surface area contributed by atoms with Crippen LogP contribution in [0.3, 0.4) is 0 Å². The topological polar surface area (TPSA) is 34.1 Å². The van der Waals surface area contributed by atoms with Crippen molar-refractivity contribution >= 4 is 68.5 Å². The average Bonchev–Trinajstić information content (AvgIpc) is 2.94. The Balaban J connectivity index is 1.49. The molecule has 0 fully saturated rings. The van der Waals surface area contributed by atoms with Gasteiger partial charge in [0, 0.05) is 37.2 Å². The number of rotatable bonds is 11. The maximum atomic E-state index is 13.2. The zero-order valence-electron chi connectivity index (χ0n) is 19.9. The van der Waals surface area contributed by atoms with Gasteiger partial charge in [0.05, 0.1) is 0 Å². The van der Waals surface area contributed by atoms with Gasteiger partial charge >= 0.3 is 0 Å². The van der Waals surface area contributed by atoms with Gasteiger partial charge < -0.3 is 0 Å². The van der Waals surface area contributed by atoms with Gasteiger partial charge in [0.1, 0.15) is 11.6 Å². The van der Waals surface area contributed by atoms with Crippen molar-refractivity contribution in [3.8, 4) is 0 Å². The van der Waals surface area contributed by atoms with Gasteiger partial charge in [-0.15, -0.1) is 0 Å². The highest BCUT2D eigenvalue weighted by Gasteiger charge is 2.28. The number of ketones is 2. The standard InChI is InChI=1S/C30H28O2P2S2/c31-25(23-33(35,27-13-5-1-6-14-27)28-15-7-2-8-16-28)21-22-26(32)24-34(36,29-17-9-3-10-18-29)30-19-11-4-12-20-30/h1-20H,21-24H2. The molecule has 4 aromatic rings. The molecule has 0 unspecified atom stereocenters. The summed E-state index contributed by atoms with van der Waals surface area (Å²) in [6.45, 7) is 0. The van der Waals surface area contributed by atoms with E-state index < -0.39 is 12.1 Å². The monoisotopic (exact) mass is 546 g/mol. The lowest BCUT2D eigenvalue weighted by atomic mass is 10.2. The van der Waals surface area contributed by atoms with Gasteiger partial charge in [-0.2, -0.15) is 0 Å². The van der Waals surface area contributed by atoms with E-state index in [1.807, 2.05) is 121 Å². The van der Waals surface area contributed by atoms with E-state index in [0.29, 0.717) is 0 Å². The summed E-state index contributed by atoms with van der Waals surface area (Å²) in [5, 5.41) is 4.09. The Kier molecular flexibility index (Phi) is 8.99. The molecule has 2 nitrogen and oxygen atoms in total. The van der Waals surface area contributed by atoms with Crippen molar-refractivity contribution in [2.24, 2.45) is 0 Å². The number of Topliss-reactive ketones (excluding diaryl/α,β-unsaturated/α-hetero) is 2. The molecular weight excluding hydrogens is 518 g/mol. The van der Waals surface area contributed by atoms with Crippen LogP contribution in [0.4, 0.5) is 0 Å². The second kappa shape index (κ2) is 12.2. The van der Waals surface area contributed by atoms with Gasteiger partial charge in [-0.25, -0.2) is 0 Å². The highest BCUT2D eigenvalue weighted by atomic mass is 32.4. The third-order valence-corrected chi connectivity index (χ3v) is 15.6. The minimum Gasteiger partial charge on any atom is -0.299 e. The van der Waals surface area contributed by atoms with Crippen LogP contribution in [0.1, 0.15) is 12.8 Å². The van der Waals surface area contributed by atoms with Crippen LogP contribution in [-0.2, 0) is 33.2 Å². The van der Waals surface area contributed by atoms with Crippen LogP contribution in [0.15, 0.2) is 121 Å². The predicted molar refractivity (Wildman–Crippen MR) is 162 cm³/mol. The van der Waals surface area contributed by atoms with Gasteiger partial charge in [-0.05, 0) is 21.2 Å². The van der Waals surface area contributed by atoms with Crippen LogP contribution in [0.2, 0.25) is 0 Å². The lowest BCUT2D eigenvalue weighted by Gasteiger charge is -2.23. The summed E-state index contributed by atoms with van der Waals surface area (Å²) in [4.78, 5) is 26.4. The van der Waals surface area contributed by atoms with Gasteiger partial charge in [0.25, 0.3) is 0 Å². The Bertz CT molecular complexity index is 1210. The number of hydrogen-bond donors (Lipinski definition) is 0. The summed E-state index contributed by atoms with van der Waals surface area (Å²) in [5.74, 6) is 0.0687. The van der Waals surface area contributed by atoms with Crippen molar-refractivity contribution in [2.45, 2.75) is 12.8 Å². The fourth-order valence-electron chi connectivity index (χ4n) is 4.27. The highest BCUT2D eigenvalue weighted by Crippen LogP contribution is 2.45. The molecule has 0 spiro atoms. The maximum Gasteiger partial charge on any atom is 0.138 e. The summed E-state index contributed by atoms with van der Waals surface area (Å²) in [7, 11) is 0. The van der Waals surface area contributed by atoms with E-state index in [0.717, 1.165) is 21.2 Å². The van der Waals surface area contributed by atoms with Crippen molar-refractivity contribution < 1.29 is 9.59 Å². The Hall–Kier alpha value is -2.48. The van der Waals surface area contributed by atoms with Gasteiger partial charge in [0.15, 0.2) is 0 Å². The summed E-state index contributed by atoms with van der Waals surface area (Å²) < 4.78 is 0. The van der Waals surface area contributed by atoms with E-state index in [-0.39, 0.29) is 36.7 Å². The number of benzene rings is 4. The van der Waals surface area contributed by atoms with Crippen LogP contribution in [0, 0.1) is 0 Å². The number of carbonyl (C=O) groups is 2. The van der Waals surface area contributed by atoms with E-state index in [2.05, 4.69) is 0 Å². The third-order valence-electron chi connectivity index (χ3n) is 6.17. The first kappa shape index (κ1) is 26.6. The molecule has 6 heteroatoms. The molecule has 0 aliphatic carbocycles. The van der Waals surface area contributed by atoms with Crippen molar-refractivity contribution in [2.75, 3.05) is 12.3 Å². The predicted octanol–water partition coefficient (Wildman–Crippen LogP) is 5.17. The zero-order chi connectivity index (χ0) is 25.4. The first-order chi connectivity index (χ1) is 17.4. The molecule has 0 saturated heterocycles. The van der Waals surface area contributed by atoms with Gasteiger partial charge in [-0.3, -0.25) is 9.59 Å². The largest absolute Gasteiger partial charge is 0.299 e. The third kappa shape index (κ3) is 6.25. The summed E-state index contributed by atoms with van der Waals surface area (Å²) in [6, 6.07) is 35.0. The van der Waals surface area contributed by atoms with E-state index in [4.69, 9.17) is 23.6 Å². The Labute approximate surface area is 223 Å². The maximum absolute atomic E-state index is 13.2. The quantitative estimate of drug-likeness (QED) is 0.243. The number of carbonyl (C=O) groups excluding carboxylic acids is 2.